The van der Waals surface area contributed by atoms with Gasteiger partial charge in [0.25, 0.3) is 0 Å². The molecular weight excluding hydrogens is 426 g/mol. The number of hydrogen-bond donors (Lipinski definition) is 2. The summed E-state index contributed by atoms with van der Waals surface area (Å²) in [6.07, 6.45) is 26.2. The van der Waals surface area contributed by atoms with Crippen LogP contribution in [0.1, 0.15) is 155 Å². The second-order valence-electron chi connectivity index (χ2n) is 9.99. The Morgan fingerprint density at radius 1 is 0.618 bits per heavy atom. The van der Waals surface area contributed by atoms with Crippen molar-refractivity contribution in [3.63, 3.8) is 0 Å². The molecule has 0 heterocycles. The van der Waals surface area contributed by atoms with Crippen molar-refractivity contribution >= 4 is 11.9 Å². The number of aliphatic carboxylic acids is 1. The SMILES string of the molecule is CCCCCCCCCCCCCCOC(=O)CC(NCCCCCCCCCCC)C(=O)O. The molecule has 0 saturated carbocycles. The van der Waals surface area contributed by atoms with Crippen LogP contribution in [0.2, 0.25) is 0 Å². The third-order valence-electron chi connectivity index (χ3n) is 6.60. The van der Waals surface area contributed by atoms with E-state index < -0.39 is 18.0 Å². The minimum absolute atomic E-state index is 0.0922. The number of carboxylic acids is 1. The smallest absolute Gasteiger partial charge is 0.321 e. The van der Waals surface area contributed by atoms with Gasteiger partial charge in [0.2, 0.25) is 0 Å². The summed E-state index contributed by atoms with van der Waals surface area (Å²) in [4.78, 5) is 23.5. The summed E-state index contributed by atoms with van der Waals surface area (Å²) in [5.41, 5.74) is 0. The number of rotatable bonds is 27. The van der Waals surface area contributed by atoms with Crippen LogP contribution in [0.5, 0.6) is 0 Å². The molecule has 0 aromatic rings. The van der Waals surface area contributed by atoms with Crippen molar-refractivity contribution in [2.45, 2.75) is 161 Å². The molecule has 0 amide bonds. The zero-order chi connectivity index (χ0) is 25.1. The normalized spacial score (nSPS) is 12.1. The highest BCUT2D eigenvalue weighted by Gasteiger charge is 2.21. The van der Waals surface area contributed by atoms with E-state index in [9.17, 15) is 14.7 Å². The Hall–Kier alpha value is -1.10. The second-order valence-corrected chi connectivity index (χ2v) is 9.99. The molecule has 0 bridgehead atoms. The van der Waals surface area contributed by atoms with Gasteiger partial charge >= 0.3 is 11.9 Å². The first-order valence-electron chi connectivity index (χ1n) is 14.7. The zero-order valence-corrected chi connectivity index (χ0v) is 22.7. The van der Waals surface area contributed by atoms with Crippen LogP contribution in [-0.2, 0) is 14.3 Å². The Morgan fingerprint density at radius 2 is 1.00 bits per heavy atom. The number of nitrogens with one attached hydrogen (secondary N) is 1. The van der Waals surface area contributed by atoms with Gasteiger partial charge < -0.3 is 15.2 Å². The summed E-state index contributed by atoms with van der Waals surface area (Å²) in [6.45, 7) is 5.53. The molecule has 0 aliphatic rings. The van der Waals surface area contributed by atoms with E-state index in [1.54, 1.807) is 0 Å². The molecule has 5 nitrogen and oxygen atoms in total. The monoisotopic (exact) mass is 483 g/mol. The van der Waals surface area contributed by atoms with Crippen molar-refractivity contribution in [1.29, 1.82) is 0 Å². The molecule has 5 heteroatoms. The zero-order valence-electron chi connectivity index (χ0n) is 22.7. The number of carboxylic acid groups (broad SMARTS) is 1. The summed E-state index contributed by atoms with van der Waals surface area (Å²) >= 11 is 0. The van der Waals surface area contributed by atoms with Crippen LogP contribution in [0.3, 0.4) is 0 Å². The van der Waals surface area contributed by atoms with Crippen LogP contribution in [0, 0.1) is 0 Å². The highest BCUT2D eigenvalue weighted by molar-refractivity contribution is 5.81. The molecule has 0 spiro atoms. The lowest BCUT2D eigenvalue weighted by Crippen LogP contribution is -2.39. The Labute approximate surface area is 211 Å². The van der Waals surface area contributed by atoms with E-state index >= 15 is 0 Å². The third-order valence-corrected chi connectivity index (χ3v) is 6.60. The predicted molar refractivity (Wildman–Crippen MR) is 143 cm³/mol. The molecule has 2 N–H and O–H groups in total. The summed E-state index contributed by atoms with van der Waals surface area (Å²) in [7, 11) is 0. The lowest BCUT2D eigenvalue weighted by Gasteiger charge is -2.14. The molecule has 0 rings (SSSR count). The molecular formula is C29H57NO4. The number of ether oxygens (including phenoxy) is 1. The van der Waals surface area contributed by atoms with E-state index in [4.69, 9.17) is 4.74 Å². The van der Waals surface area contributed by atoms with Crippen molar-refractivity contribution in [3.8, 4) is 0 Å². The van der Waals surface area contributed by atoms with E-state index in [0.29, 0.717) is 13.2 Å². The summed E-state index contributed by atoms with van der Waals surface area (Å²) in [6, 6.07) is -0.844. The minimum Gasteiger partial charge on any atom is -0.480 e. The van der Waals surface area contributed by atoms with Gasteiger partial charge in [0, 0.05) is 0 Å². The number of carbonyl (C=O) groups is 2. The fourth-order valence-corrected chi connectivity index (χ4v) is 4.31. The van der Waals surface area contributed by atoms with Crippen molar-refractivity contribution in [2.75, 3.05) is 13.2 Å². The fourth-order valence-electron chi connectivity index (χ4n) is 4.31. The Balaban J connectivity index is 3.57. The number of carbonyl (C=O) groups excluding carboxylic acids is 1. The molecule has 202 valence electrons. The molecule has 0 saturated heterocycles. The first kappa shape index (κ1) is 32.9. The van der Waals surface area contributed by atoms with E-state index in [-0.39, 0.29) is 6.42 Å². The van der Waals surface area contributed by atoms with Crippen molar-refractivity contribution in [3.05, 3.63) is 0 Å². The van der Waals surface area contributed by atoms with Gasteiger partial charge in [-0.25, -0.2) is 0 Å². The lowest BCUT2D eigenvalue weighted by molar-refractivity contribution is -0.149. The average Bonchev–Trinajstić information content (AvgIpc) is 2.82. The topological polar surface area (TPSA) is 75.6 Å². The van der Waals surface area contributed by atoms with E-state index in [1.165, 1.54) is 109 Å². The minimum atomic E-state index is -0.974. The third kappa shape index (κ3) is 24.0. The van der Waals surface area contributed by atoms with Crippen LogP contribution < -0.4 is 5.32 Å². The van der Waals surface area contributed by atoms with Crippen LogP contribution in [0.15, 0.2) is 0 Å². The number of hydrogen-bond acceptors (Lipinski definition) is 4. The van der Waals surface area contributed by atoms with Crippen LogP contribution in [0.25, 0.3) is 0 Å². The largest absolute Gasteiger partial charge is 0.480 e. The predicted octanol–water partition coefficient (Wildman–Crippen LogP) is 8.19. The Bertz CT molecular complexity index is 455. The van der Waals surface area contributed by atoms with Crippen LogP contribution in [-0.4, -0.2) is 36.2 Å². The van der Waals surface area contributed by atoms with Crippen molar-refractivity contribution in [1.82, 2.24) is 5.32 Å². The van der Waals surface area contributed by atoms with Gasteiger partial charge in [0.05, 0.1) is 13.0 Å². The lowest BCUT2D eigenvalue weighted by atomic mass is 10.1. The Kier molecular flexibility index (Phi) is 25.6. The van der Waals surface area contributed by atoms with Crippen LogP contribution >= 0.6 is 0 Å². The maximum Gasteiger partial charge on any atom is 0.321 e. The molecule has 1 unspecified atom stereocenters. The molecule has 0 aliphatic carbocycles. The van der Waals surface area contributed by atoms with E-state index in [2.05, 4.69) is 19.2 Å². The van der Waals surface area contributed by atoms with Gasteiger partial charge in [0.15, 0.2) is 0 Å². The molecule has 0 aromatic carbocycles. The average molecular weight is 484 g/mol. The van der Waals surface area contributed by atoms with Gasteiger partial charge in [-0.1, -0.05) is 136 Å². The molecule has 0 aromatic heterocycles. The molecule has 0 fully saturated rings. The van der Waals surface area contributed by atoms with Gasteiger partial charge in [-0.15, -0.1) is 0 Å². The van der Waals surface area contributed by atoms with E-state index in [1.807, 2.05) is 0 Å². The van der Waals surface area contributed by atoms with Gasteiger partial charge in [-0.2, -0.15) is 0 Å². The van der Waals surface area contributed by atoms with Crippen molar-refractivity contribution in [2.24, 2.45) is 0 Å². The first-order chi connectivity index (χ1) is 16.6. The summed E-state index contributed by atoms with van der Waals surface area (Å²) < 4.78 is 5.27. The number of unbranched alkanes of at least 4 members (excludes halogenated alkanes) is 19. The fraction of sp³-hybridized carbons (Fsp3) is 0.931. The molecule has 1 atom stereocenters. The summed E-state index contributed by atoms with van der Waals surface area (Å²) in [5.74, 6) is -1.38. The van der Waals surface area contributed by atoms with Gasteiger partial charge in [0.1, 0.15) is 6.04 Å². The summed E-state index contributed by atoms with van der Waals surface area (Å²) in [5, 5.41) is 12.4. The Morgan fingerprint density at radius 3 is 1.41 bits per heavy atom. The standard InChI is InChI=1S/C29H57NO4/c1-3-5-7-9-11-13-14-15-17-19-21-23-25-34-28(31)26-27(29(32)33)30-24-22-20-18-16-12-10-8-6-4-2/h27,30H,3-26H2,1-2H3,(H,32,33). The van der Waals surface area contributed by atoms with Crippen molar-refractivity contribution < 1.29 is 19.4 Å². The number of esters is 1. The second kappa shape index (κ2) is 26.5. The first-order valence-corrected chi connectivity index (χ1v) is 14.7. The maximum absolute atomic E-state index is 12.0. The van der Waals surface area contributed by atoms with Crippen LogP contribution in [0.4, 0.5) is 0 Å². The van der Waals surface area contributed by atoms with Gasteiger partial charge in [-0.05, 0) is 19.4 Å². The molecule has 34 heavy (non-hydrogen) atoms. The molecule has 0 radical (unpaired) electrons. The maximum atomic E-state index is 12.0. The molecule has 0 aliphatic heterocycles. The van der Waals surface area contributed by atoms with Gasteiger partial charge in [-0.3, -0.25) is 9.59 Å². The highest BCUT2D eigenvalue weighted by Crippen LogP contribution is 2.12. The van der Waals surface area contributed by atoms with E-state index in [0.717, 1.165) is 25.7 Å². The highest BCUT2D eigenvalue weighted by atomic mass is 16.5. The quantitative estimate of drug-likeness (QED) is 0.0909.